The lowest BCUT2D eigenvalue weighted by Crippen LogP contribution is -2.45. The maximum atomic E-state index is 12.7. The highest BCUT2D eigenvalue weighted by atomic mass is 16.3. The fourth-order valence-corrected chi connectivity index (χ4v) is 4.59. The molecule has 1 aliphatic heterocycles. The van der Waals surface area contributed by atoms with E-state index >= 15 is 0 Å². The van der Waals surface area contributed by atoms with Gasteiger partial charge in [-0.1, -0.05) is 30.3 Å². The molecule has 7 heteroatoms. The van der Waals surface area contributed by atoms with Crippen LogP contribution in [0.4, 0.5) is 0 Å². The highest BCUT2D eigenvalue weighted by molar-refractivity contribution is 5.95. The van der Waals surface area contributed by atoms with Gasteiger partial charge >= 0.3 is 0 Å². The molecule has 3 aromatic rings. The predicted molar refractivity (Wildman–Crippen MR) is 106 cm³/mol. The summed E-state index contributed by atoms with van der Waals surface area (Å²) in [5.74, 6) is -1.12. The number of carbonyl (C=O) groups excluding carboxylic acids is 1. The number of fused-ring (bicyclic) bond motifs is 3. The number of aromatic nitrogens is 3. The number of aromatic hydroxyl groups is 1. The van der Waals surface area contributed by atoms with Gasteiger partial charge in [0.2, 0.25) is 5.43 Å². The Morgan fingerprint density at radius 2 is 1.83 bits per heavy atom. The number of carbonyl (C=O) groups is 1. The Labute approximate surface area is 167 Å². The van der Waals surface area contributed by atoms with Gasteiger partial charge in [0, 0.05) is 19.8 Å². The third kappa shape index (κ3) is 2.65. The van der Waals surface area contributed by atoms with E-state index in [1.165, 1.54) is 20.7 Å². The summed E-state index contributed by atoms with van der Waals surface area (Å²) in [7, 11) is 1.68. The van der Waals surface area contributed by atoms with Crippen LogP contribution in [0.15, 0.2) is 53.6 Å². The van der Waals surface area contributed by atoms with Gasteiger partial charge in [0.1, 0.15) is 0 Å². The molecule has 1 N–H and O–H groups in total. The molecule has 2 atom stereocenters. The van der Waals surface area contributed by atoms with Gasteiger partial charge in [0.25, 0.3) is 5.91 Å². The zero-order valence-electron chi connectivity index (χ0n) is 15.9. The van der Waals surface area contributed by atoms with E-state index in [4.69, 9.17) is 4.98 Å². The average Bonchev–Trinajstić information content (AvgIpc) is 2.90. The Balaban J connectivity index is 1.79. The van der Waals surface area contributed by atoms with E-state index < -0.39 is 17.1 Å². The van der Waals surface area contributed by atoms with Gasteiger partial charge in [-0.25, -0.2) is 0 Å². The first-order valence-corrected chi connectivity index (χ1v) is 9.64. The number of aryl methyl sites for hydroxylation is 2. The monoisotopic (exact) mass is 388 g/mol. The summed E-state index contributed by atoms with van der Waals surface area (Å²) in [6.45, 7) is 0.399. The second-order valence-corrected chi connectivity index (χ2v) is 7.63. The van der Waals surface area contributed by atoms with Crippen LogP contribution in [0.2, 0.25) is 0 Å². The second kappa shape index (κ2) is 6.55. The molecular weight excluding hydrogens is 368 g/mol. The van der Waals surface area contributed by atoms with E-state index in [1.807, 2.05) is 18.2 Å². The third-order valence-electron chi connectivity index (χ3n) is 5.97. The number of rotatable bonds is 1. The summed E-state index contributed by atoms with van der Waals surface area (Å²) in [5, 5.41) is 14.6. The van der Waals surface area contributed by atoms with Crippen molar-refractivity contribution in [2.45, 2.75) is 24.8 Å². The zero-order chi connectivity index (χ0) is 20.1. The molecule has 3 heterocycles. The van der Waals surface area contributed by atoms with Crippen molar-refractivity contribution in [2.75, 3.05) is 13.6 Å². The molecule has 0 bridgehead atoms. The second-order valence-electron chi connectivity index (χ2n) is 7.63. The molecule has 0 spiro atoms. The molecule has 1 aromatic carbocycles. The number of pyridine rings is 1. The lowest BCUT2D eigenvalue weighted by Gasteiger charge is -2.37. The first kappa shape index (κ1) is 17.6. The maximum Gasteiger partial charge on any atom is 0.275 e. The van der Waals surface area contributed by atoms with Gasteiger partial charge in [-0.05, 0) is 35.6 Å². The number of hydrogen-bond donors (Lipinski definition) is 1. The lowest BCUT2D eigenvalue weighted by molar-refractivity contribution is 0.0685. The highest BCUT2D eigenvalue weighted by Gasteiger charge is 2.40. The molecule has 2 aromatic heterocycles. The Morgan fingerprint density at radius 3 is 2.69 bits per heavy atom. The summed E-state index contributed by atoms with van der Waals surface area (Å²) in [6.07, 6.45) is 4.65. The third-order valence-corrected chi connectivity index (χ3v) is 5.97. The number of likely N-dealkylation sites (N-methyl/N-ethyl adjacent to an activating group) is 1. The molecule has 29 heavy (non-hydrogen) atoms. The van der Waals surface area contributed by atoms with Crippen molar-refractivity contribution in [2.24, 2.45) is 0 Å². The highest BCUT2D eigenvalue weighted by Crippen LogP contribution is 2.42. The topological polar surface area (TPSA) is 88.3 Å². The van der Waals surface area contributed by atoms with E-state index in [1.54, 1.807) is 13.2 Å². The predicted octanol–water partition coefficient (Wildman–Crippen LogP) is 1.90. The maximum absolute atomic E-state index is 12.7. The minimum absolute atomic E-state index is 0.0598. The van der Waals surface area contributed by atoms with E-state index in [-0.39, 0.29) is 17.7 Å². The van der Waals surface area contributed by atoms with E-state index in [9.17, 15) is 14.7 Å². The fourth-order valence-electron chi connectivity index (χ4n) is 4.59. The standard InChI is InChI=1S/C22H20N4O3/c1-25-12-16(26-20(22(25)29)21(28)17(27)11-24-26)18-15-7-3-2-5-13(15)8-9-14-6-4-10-23-19(14)18/h2-7,10-11,16,18,28H,8-9,12H2,1H3/t16-,18?/m0/s1. The SMILES string of the molecule is CN1C[C@@H](C2c3ccccc3CCc3cccnc32)n2ncc(=O)c(O)c2C1=O. The molecule has 146 valence electrons. The van der Waals surface area contributed by atoms with Crippen molar-refractivity contribution in [3.63, 3.8) is 0 Å². The average molecular weight is 388 g/mol. The first-order valence-electron chi connectivity index (χ1n) is 9.64. The molecule has 1 amide bonds. The van der Waals surface area contributed by atoms with Gasteiger partial charge in [-0.2, -0.15) is 5.10 Å². The van der Waals surface area contributed by atoms with Crippen LogP contribution in [-0.4, -0.2) is 44.3 Å². The summed E-state index contributed by atoms with van der Waals surface area (Å²) < 4.78 is 1.52. The van der Waals surface area contributed by atoms with Gasteiger partial charge in [0.15, 0.2) is 11.4 Å². The smallest absolute Gasteiger partial charge is 0.275 e. The number of benzene rings is 1. The van der Waals surface area contributed by atoms with E-state index in [2.05, 4.69) is 23.3 Å². The van der Waals surface area contributed by atoms with Crippen LogP contribution in [0.3, 0.4) is 0 Å². The van der Waals surface area contributed by atoms with Crippen LogP contribution in [0.5, 0.6) is 5.75 Å². The molecule has 0 fully saturated rings. The molecule has 0 saturated heterocycles. The quantitative estimate of drug-likeness (QED) is 0.688. The fraction of sp³-hybridized carbons (Fsp3) is 0.273. The minimum atomic E-state index is -0.654. The van der Waals surface area contributed by atoms with Crippen molar-refractivity contribution in [3.8, 4) is 5.75 Å². The Hall–Kier alpha value is -3.48. The number of nitrogens with zero attached hydrogens (tertiary/aromatic N) is 4. The summed E-state index contributed by atoms with van der Waals surface area (Å²) >= 11 is 0. The van der Waals surface area contributed by atoms with Crippen LogP contribution >= 0.6 is 0 Å². The van der Waals surface area contributed by atoms with Gasteiger partial charge in [-0.3, -0.25) is 19.3 Å². The number of amides is 1. The van der Waals surface area contributed by atoms with Gasteiger partial charge in [0.05, 0.1) is 23.9 Å². The molecule has 5 rings (SSSR count). The van der Waals surface area contributed by atoms with E-state index in [0.29, 0.717) is 6.54 Å². The van der Waals surface area contributed by atoms with Crippen molar-refractivity contribution < 1.29 is 9.90 Å². The Morgan fingerprint density at radius 1 is 1.07 bits per heavy atom. The summed E-state index contributed by atoms with van der Waals surface area (Å²) in [4.78, 5) is 31.0. The molecule has 2 aliphatic rings. The Kier molecular flexibility index (Phi) is 3.97. The van der Waals surface area contributed by atoms with Crippen molar-refractivity contribution in [1.29, 1.82) is 0 Å². The van der Waals surface area contributed by atoms with Gasteiger partial charge in [-0.15, -0.1) is 0 Å². The minimum Gasteiger partial charge on any atom is -0.502 e. The molecular formula is C22H20N4O3. The first-order chi connectivity index (χ1) is 14.1. The van der Waals surface area contributed by atoms with Crippen LogP contribution < -0.4 is 5.43 Å². The van der Waals surface area contributed by atoms with Crippen molar-refractivity contribution >= 4 is 5.91 Å². The Bertz CT molecular complexity index is 1140. The summed E-state index contributed by atoms with van der Waals surface area (Å²) in [6, 6.07) is 12.0. The van der Waals surface area contributed by atoms with Crippen molar-refractivity contribution in [1.82, 2.24) is 19.7 Å². The molecule has 7 nitrogen and oxygen atoms in total. The molecule has 0 saturated carbocycles. The van der Waals surface area contributed by atoms with Crippen LogP contribution in [0.25, 0.3) is 0 Å². The zero-order valence-corrected chi connectivity index (χ0v) is 15.9. The van der Waals surface area contributed by atoms with Gasteiger partial charge < -0.3 is 10.0 Å². The van der Waals surface area contributed by atoms with Crippen LogP contribution in [-0.2, 0) is 12.8 Å². The van der Waals surface area contributed by atoms with Crippen molar-refractivity contribution in [3.05, 3.63) is 87.1 Å². The number of hydrogen-bond acceptors (Lipinski definition) is 5. The molecule has 1 aliphatic carbocycles. The molecule has 0 radical (unpaired) electrons. The van der Waals surface area contributed by atoms with Crippen LogP contribution in [0.1, 0.15) is 44.8 Å². The molecule has 1 unspecified atom stereocenters. The van der Waals surface area contributed by atoms with Crippen LogP contribution in [0, 0.1) is 0 Å². The summed E-state index contributed by atoms with van der Waals surface area (Å²) in [5.41, 5.74) is 3.79. The van der Waals surface area contributed by atoms with E-state index in [0.717, 1.165) is 30.3 Å². The normalized spacial score (nSPS) is 20.4. The lowest BCUT2D eigenvalue weighted by atomic mass is 9.84. The largest absolute Gasteiger partial charge is 0.502 e.